The lowest BCUT2D eigenvalue weighted by molar-refractivity contribution is -0.173. The van der Waals surface area contributed by atoms with Crippen molar-refractivity contribution in [2.45, 2.75) is 19.5 Å². The third-order valence-electron chi connectivity index (χ3n) is 1.81. The van der Waals surface area contributed by atoms with E-state index in [1.807, 2.05) is 0 Å². The number of halogens is 3. The van der Waals surface area contributed by atoms with Crippen molar-refractivity contribution in [2.75, 3.05) is 31.8 Å². The standard InChI is InChI=1S/C10H17F3O3S/c1-8(9(14)15-2)6-17-5-3-4-16-7-10(11,12)13/h8H,3-7H2,1-2H3. The van der Waals surface area contributed by atoms with E-state index in [2.05, 4.69) is 9.47 Å². The molecule has 0 aliphatic carbocycles. The summed E-state index contributed by atoms with van der Waals surface area (Å²) in [5, 5.41) is 0. The van der Waals surface area contributed by atoms with Crippen LogP contribution in [0.3, 0.4) is 0 Å². The van der Waals surface area contributed by atoms with Crippen molar-refractivity contribution in [3.63, 3.8) is 0 Å². The second kappa shape index (κ2) is 8.63. The molecule has 0 saturated heterocycles. The summed E-state index contributed by atoms with van der Waals surface area (Å²) >= 11 is 1.50. The first-order valence-electron chi connectivity index (χ1n) is 5.17. The number of hydrogen-bond donors (Lipinski definition) is 0. The molecule has 0 heterocycles. The Balaban J connectivity index is 3.33. The topological polar surface area (TPSA) is 35.5 Å². The van der Waals surface area contributed by atoms with E-state index in [1.54, 1.807) is 6.92 Å². The Morgan fingerprint density at radius 1 is 1.41 bits per heavy atom. The summed E-state index contributed by atoms with van der Waals surface area (Å²) in [6.45, 7) is 0.633. The van der Waals surface area contributed by atoms with E-state index in [0.717, 1.165) is 0 Å². The first kappa shape index (κ1) is 16.6. The van der Waals surface area contributed by atoms with Crippen LogP contribution in [0.25, 0.3) is 0 Å². The molecule has 0 aromatic heterocycles. The Bertz CT molecular complexity index is 221. The molecule has 0 saturated carbocycles. The molecule has 0 bridgehead atoms. The molecule has 0 aliphatic heterocycles. The van der Waals surface area contributed by atoms with Gasteiger partial charge in [0.1, 0.15) is 6.61 Å². The lowest BCUT2D eigenvalue weighted by Crippen LogP contribution is -2.17. The number of thioether (sulfide) groups is 1. The fourth-order valence-electron chi connectivity index (χ4n) is 0.980. The van der Waals surface area contributed by atoms with Crippen LogP contribution in [0.5, 0.6) is 0 Å². The molecule has 0 radical (unpaired) electrons. The van der Waals surface area contributed by atoms with Crippen molar-refractivity contribution in [1.82, 2.24) is 0 Å². The monoisotopic (exact) mass is 274 g/mol. The van der Waals surface area contributed by atoms with Gasteiger partial charge in [-0.1, -0.05) is 6.92 Å². The zero-order valence-electron chi connectivity index (χ0n) is 9.88. The van der Waals surface area contributed by atoms with Gasteiger partial charge in [-0.05, 0) is 12.2 Å². The summed E-state index contributed by atoms with van der Waals surface area (Å²) < 4.78 is 44.0. The summed E-state index contributed by atoms with van der Waals surface area (Å²) in [6.07, 6.45) is -3.72. The highest BCUT2D eigenvalue weighted by Crippen LogP contribution is 2.15. The van der Waals surface area contributed by atoms with Crippen molar-refractivity contribution in [2.24, 2.45) is 5.92 Å². The van der Waals surface area contributed by atoms with Gasteiger partial charge < -0.3 is 9.47 Å². The maximum Gasteiger partial charge on any atom is 0.411 e. The fraction of sp³-hybridized carbons (Fsp3) is 0.900. The van der Waals surface area contributed by atoms with Crippen LogP contribution in [0.15, 0.2) is 0 Å². The molecule has 17 heavy (non-hydrogen) atoms. The number of esters is 1. The SMILES string of the molecule is COC(=O)C(C)CSCCCOCC(F)(F)F. The van der Waals surface area contributed by atoms with Crippen LogP contribution in [0.2, 0.25) is 0 Å². The van der Waals surface area contributed by atoms with Crippen LogP contribution in [0.1, 0.15) is 13.3 Å². The lowest BCUT2D eigenvalue weighted by atomic mass is 10.2. The molecule has 0 fully saturated rings. The van der Waals surface area contributed by atoms with Gasteiger partial charge in [0.25, 0.3) is 0 Å². The molecular formula is C10H17F3O3S. The Labute approximate surface area is 103 Å². The minimum absolute atomic E-state index is 0.0825. The van der Waals surface area contributed by atoms with Gasteiger partial charge in [-0.15, -0.1) is 0 Å². The van der Waals surface area contributed by atoms with Crippen LogP contribution in [0, 0.1) is 5.92 Å². The van der Waals surface area contributed by atoms with E-state index < -0.39 is 12.8 Å². The van der Waals surface area contributed by atoms with E-state index in [9.17, 15) is 18.0 Å². The Morgan fingerprint density at radius 2 is 2.06 bits per heavy atom. The first-order valence-corrected chi connectivity index (χ1v) is 6.32. The summed E-state index contributed by atoms with van der Waals surface area (Å²) in [5.41, 5.74) is 0. The first-order chi connectivity index (χ1) is 7.87. The quantitative estimate of drug-likeness (QED) is 0.503. The third-order valence-corrected chi connectivity index (χ3v) is 3.13. The van der Waals surface area contributed by atoms with Crippen molar-refractivity contribution in [3.05, 3.63) is 0 Å². The average Bonchev–Trinajstić information content (AvgIpc) is 2.24. The number of carbonyl (C=O) groups is 1. The van der Waals surface area contributed by atoms with Gasteiger partial charge in [0.15, 0.2) is 0 Å². The Morgan fingerprint density at radius 3 is 2.59 bits per heavy atom. The summed E-state index contributed by atoms with van der Waals surface area (Å²) in [6, 6.07) is 0. The highest BCUT2D eigenvalue weighted by atomic mass is 32.2. The Hall–Kier alpha value is -0.430. The maximum atomic E-state index is 11.7. The van der Waals surface area contributed by atoms with Crippen molar-refractivity contribution < 1.29 is 27.4 Å². The van der Waals surface area contributed by atoms with Gasteiger partial charge in [-0.25, -0.2) is 0 Å². The number of hydrogen-bond acceptors (Lipinski definition) is 4. The largest absolute Gasteiger partial charge is 0.469 e. The van der Waals surface area contributed by atoms with E-state index >= 15 is 0 Å². The molecule has 1 atom stereocenters. The molecule has 0 spiro atoms. The molecule has 102 valence electrons. The lowest BCUT2D eigenvalue weighted by Gasteiger charge is -2.09. The minimum atomic E-state index is -4.26. The third kappa shape index (κ3) is 10.4. The molecule has 0 aliphatic rings. The van der Waals surface area contributed by atoms with Crippen molar-refractivity contribution in [3.8, 4) is 0 Å². The molecule has 0 aromatic rings. The molecule has 0 rings (SSSR count). The summed E-state index contributed by atoms with van der Waals surface area (Å²) in [7, 11) is 1.33. The molecule has 7 heteroatoms. The zero-order chi connectivity index (χ0) is 13.3. The molecule has 1 unspecified atom stereocenters. The predicted octanol–water partition coefficient (Wildman–Crippen LogP) is 2.50. The van der Waals surface area contributed by atoms with Gasteiger partial charge in [-0.3, -0.25) is 4.79 Å². The Kier molecular flexibility index (Phi) is 8.41. The average molecular weight is 274 g/mol. The van der Waals surface area contributed by atoms with Crippen LogP contribution in [-0.2, 0) is 14.3 Å². The second-order valence-electron chi connectivity index (χ2n) is 3.52. The van der Waals surface area contributed by atoms with Crippen LogP contribution >= 0.6 is 11.8 Å². The van der Waals surface area contributed by atoms with Crippen molar-refractivity contribution >= 4 is 17.7 Å². The van der Waals surface area contributed by atoms with Gasteiger partial charge in [0.2, 0.25) is 0 Å². The van der Waals surface area contributed by atoms with Gasteiger partial charge in [0, 0.05) is 12.4 Å². The number of alkyl halides is 3. The molecule has 0 aromatic carbocycles. The highest BCUT2D eigenvalue weighted by molar-refractivity contribution is 7.99. The van der Waals surface area contributed by atoms with E-state index in [4.69, 9.17) is 0 Å². The molecular weight excluding hydrogens is 257 g/mol. The highest BCUT2D eigenvalue weighted by Gasteiger charge is 2.27. The maximum absolute atomic E-state index is 11.7. The van der Waals surface area contributed by atoms with Crippen LogP contribution < -0.4 is 0 Å². The van der Waals surface area contributed by atoms with E-state index in [0.29, 0.717) is 17.9 Å². The van der Waals surface area contributed by atoms with E-state index in [1.165, 1.54) is 18.9 Å². The number of methoxy groups -OCH3 is 1. The number of ether oxygens (including phenoxy) is 2. The second-order valence-corrected chi connectivity index (χ2v) is 4.67. The van der Waals surface area contributed by atoms with Crippen molar-refractivity contribution in [1.29, 1.82) is 0 Å². The number of rotatable bonds is 8. The molecule has 3 nitrogen and oxygen atoms in total. The zero-order valence-corrected chi connectivity index (χ0v) is 10.7. The molecule has 0 N–H and O–H groups in total. The van der Waals surface area contributed by atoms with Crippen LogP contribution in [0.4, 0.5) is 13.2 Å². The summed E-state index contributed by atoms with van der Waals surface area (Å²) in [4.78, 5) is 11.0. The fourth-order valence-corrected chi connectivity index (χ4v) is 1.96. The summed E-state index contributed by atoms with van der Waals surface area (Å²) in [5.74, 6) is 0.803. The smallest absolute Gasteiger partial charge is 0.411 e. The predicted molar refractivity (Wildman–Crippen MR) is 60.0 cm³/mol. The molecule has 0 amide bonds. The number of carbonyl (C=O) groups excluding carboxylic acids is 1. The normalized spacial score (nSPS) is 13.5. The van der Waals surface area contributed by atoms with Gasteiger partial charge in [-0.2, -0.15) is 24.9 Å². The van der Waals surface area contributed by atoms with Crippen LogP contribution in [-0.4, -0.2) is 44.0 Å². The van der Waals surface area contributed by atoms with Gasteiger partial charge >= 0.3 is 12.1 Å². The van der Waals surface area contributed by atoms with Gasteiger partial charge in [0.05, 0.1) is 13.0 Å². The van der Waals surface area contributed by atoms with E-state index in [-0.39, 0.29) is 18.5 Å². The minimum Gasteiger partial charge on any atom is -0.469 e.